The molecule has 136 valence electrons. The van der Waals surface area contributed by atoms with Gasteiger partial charge in [-0.2, -0.15) is 4.98 Å². The van der Waals surface area contributed by atoms with E-state index in [1.54, 1.807) is 17.0 Å². The third-order valence-corrected chi connectivity index (χ3v) is 3.94. The molecule has 0 saturated heterocycles. The Kier molecular flexibility index (Phi) is 6.64. The summed E-state index contributed by atoms with van der Waals surface area (Å²) < 4.78 is 18.4. The molecule has 6 nitrogen and oxygen atoms in total. The number of rotatable bonds is 8. The highest BCUT2D eigenvalue weighted by Crippen LogP contribution is 2.22. The maximum atomic E-state index is 13.2. The van der Waals surface area contributed by atoms with E-state index >= 15 is 0 Å². The number of aromatic nitrogens is 2. The van der Waals surface area contributed by atoms with Gasteiger partial charge in [0.1, 0.15) is 11.9 Å². The van der Waals surface area contributed by atoms with Crippen molar-refractivity contribution in [2.45, 2.75) is 39.3 Å². The van der Waals surface area contributed by atoms with Crippen LogP contribution in [-0.2, 0) is 17.8 Å². The molecule has 1 unspecified atom stereocenters. The van der Waals surface area contributed by atoms with E-state index in [9.17, 15) is 9.18 Å². The molecule has 0 fully saturated rings. The van der Waals surface area contributed by atoms with Crippen molar-refractivity contribution in [2.75, 3.05) is 20.6 Å². The molecule has 2 aromatic rings. The van der Waals surface area contributed by atoms with Crippen LogP contribution in [0.2, 0.25) is 0 Å². The van der Waals surface area contributed by atoms with Crippen molar-refractivity contribution in [3.8, 4) is 0 Å². The molecule has 0 aliphatic carbocycles. The highest BCUT2D eigenvalue weighted by atomic mass is 19.1. The van der Waals surface area contributed by atoms with E-state index in [0.717, 1.165) is 18.4 Å². The Bertz CT molecular complexity index is 685. The van der Waals surface area contributed by atoms with Crippen LogP contribution in [0.1, 0.15) is 43.6 Å². The van der Waals surface area contributed by atoms with Crippen molar-refractivity contribution in [1.82, 2.24) is 19.9 Å². The summed E-state index contributed by atoms with van der Waals surface area (Å²) >= 11 is 0. The van der Waals surface area contributed by atoms with Gasteiger partial charge in [-0.1, -0.05) is 24.2 Å². The molecule has 1 aromatic heterocycles. The summed E-state index contributed by atoms with van der Waals surface area (Å²) in [6.45, 7) is 4.74. The highest BCUT2D eigenvalue weighted by molar-refractivity contribution is 5.83. The molecule has 0 aliphatic rings. The molecule has 1 amide bonds. The van der Waals surface area contributed by atoms with Crippen molar-refractivity contribution in [1.29, 1.82) is 0 Å². The number of aryl methyl sites for hydroxylation is 1. The molecule has 25 heavy (non-hydrogen) atoms. The number of hydrogen-bond donors (Lipinski definition) is 0. The van der Waals surface area contributed by atoms with Crippen LogP contribution >= 0.6 is 0 Å². The number of nitrogens with zero attached hydrogens (tertiary/aromatic N) is 4. The predicted molar refractivity (Wildman–Crippen MR) is 92.2 cm³/mol. The van der Waals surface area contributed by atoms with Crippen LogP contribution in [0.5, 0.6) is 0 Å². The third-order valence-electron chi connectivity index (χ3n) is 3.94. The van der Waals surface area contributed by atoms with E-state index in [0.29, 0.717) is 18.3 Å². The summed E-state index contributed by atoms with van der Waals surface area (Å²) in [5.41, 5.74) is 0.745. The molecule has 0 bridgehead atoms. The van der Waals surface area contributed by atoms with Gasteiger partial charge in [0.2, 0.25) is 11.8 Å². The molecule has 1 heterocycles. The Balaban J connectivity index is 2.18. The molecule has 0 aliphatic heterocycles. The van der Waals surface area contributed by atoms with Gasteiger partial charge in [-0.25, -0.2) is 4.39 Å². The Morgan fingerprint density at radius 1 is 1.24 bits per heavy atom. The lowest BCUT2D eigenvalue weighted by Crippen LogP contribution is -2.40. The second-order valence-corrected chi connectivity index (χ2v) is 6.12. The second-order valence-electron chi connectivity index (χ2n) is 6.12. The van der Waals surface area contributed by atoms with E-state index in [2.05, 4.69) is 10.1 Å². The summed E-state index contributed by atoms with van der Waals surface area (Å²) in [4.78, 5) is 20.9. The van der Waals surface area contributed by atoms with E-state index in [1.807, 2.05) is 32.8 Å². The fourth-order valence-electron chi connectivity index (χ4n) is 2.67. The summed E-state index contributed by atoms with van der Waals surface area (Å²) in [5, 5.41) is 3.95. The first-order valence-electron chi connectivity index (χ1n) is 8.48. The second kappa shape index (κ2) is 8.71. The van der Waals surface area contributed by atoms with Crippen molar-refractivity contribution in [3.63, 3.8) is 0 Å². The number of carbonyl (C=O) groups excluding carboxylic acids is 1. The number of likely N-dealkylation sites (N-methyl/N-ethyl adjacent to an activating group) is 2. The average molecular weight is 348 g/mol. The molecule has 1 atom stereocenters. The van der Waals surface area contributed by atoms with Crippen LogP contribution < -0.4 is 0 Å². The number of hydrogen-bond acceptors (Lipinski definition) is 5. The average Bonchev–Trinajstić information content (AvgIpc) is 3.02. The largest absolute Gasteiger partial charge is 0.339 e. The quantitative estimate of drug-likeness (QED) is 0.734. The summed E-state index contributed by atoms with van der Waals surface area (Å²) in [6.07, 6.45) is 1.65. The van der Waals surface area contributed by atoms with Crippen molar-refractivity contribution in [3.05, 3.63) is 47.4 Å². The Labute approximate surface area is 147 Å². The topological polar surface area (TPSA) is 62.5 Å². The zero-order valence-corrected chi connectivity index (χ0v) is 15.2. The Morgan fingerprint density at radius 2 is 1.92 bits per heavy atom. The van der Waals surface area contributed by atoms with Gasteiger partial charge in [-0.15, -0.1) is 0 Å². The monoisotopic (exact) mass is 348 g/mol. The molecular formula is C18H25FN4O2. The maximum absolute atomic E-state index is 13.2. The van der Waals surface area contributed by atoms with E-state index in [1.165, 1.54) is 12.1 Å². The minimum Gasteiger partial charge on any atom is -0.339 e. The van der Waals surface area contributed by atoms with Gasteiger partial charge in [0.25, 0.3) is 0 Å². The van der Waals surface area contributed by atoms with E-state index < -0.39 is 6.04 Å². The summed E-state index contributed by atoms with van der Waals surface area (Å²) in [6, 6.07) is 5.51. The summed E-state index contributed by atoms with van der Waals surface area (Å²) in [7, 11) is 3.65. The zero-order chi connectivity index (χ0) is 18.4. The molecule has 0 saturated carbocycles. The first-order valence-corrected chi connectivity index (χ1v) is 8.48. The van der Waals surface area contributed by atoms with Crippen LogP contribution in [-0.4, -0.2) is 46.5 Å². The Morgan fingerprint density at radius 3 is 2.48 bits per heavy atom. The first-order chi connectivity index (χ1) is 12.0. The van der Waals surface area contributed by atoms with Gasteiger partial charge >= 0.3 is 0 Å². The molecule has 2 rings (SSSR count). The lowest BCUT2D eigenvalue weighted by molar-refractivity contribution is -0.136. The summed E-state index contributed by atoms with van der Waals surface area (Å²) in [5.74, 6) is 0.677. The lowest BCUT2D eigenvalue weighted by atomic mass is 10.0. The minimum atomic E-state index is -0.498. The van der Waals surface area contributed by atoms with E-state index in [4.69, 9.17) is 4.52 Å². The fraction of sp³-hybridized carbons (Fsp3) is 0.500. The highest BCUT2D eigenvalue weighted by Gasteiger charge is 2.28. The van der Waals surface area contributed by atoms with Gasteiger partial charge in [0.05, 0.1) is 6.54 Å². The van der Waals surface area contributed by atoms with Gasteiger partial charge in [0.15, 0.2) is 5.82 Å². The fourth-order valence-corrected chi connectivity index (χ4v) is 2.67. The van der Waals surface area contributed by atoms with Crippen LogP contribution in [0, 0.1) is 5.82 Å². The van der Waals surface area contributed by atoms with E-state index in [-0.39, 0.29) is 18.3 Å². The predicted octanol–water partition coefficient (Wildman–Crippen LogP) is 2.81. The molecule has 0 spiro atoms. The van der Waals surface area contributed by atoms with Crippen molar-refractivity contribution < 1.29 is 13.7 Å². The van der Waals surface area contributed by atoms with Gasteiger partial charge < -0.3 is 9.42 Å². The molecule has 0 radical (unpaired) electrons. The first kappa shape index (κ1) is 19.1. The van der Waals surface area contributed by atoms with Crippen molar-refractivity contribution >= 4 is 5.91 Å². The van der Waals surface area contributed by atoms with Crippen molar-refractivity contribution in [2.24, 2.45) is 0 Å². The smallest absolute Gasteiger partial charge is 0.244 e. The van der Waals surface area contributed by atoms with Gasteiger partial charge in [0, 0.05) is 13.0 Å². The van der Waals surface area contributed by atoms with Crippen LogP contribution in [0.25, 0.3) is 0 Å². The SMILES string of the molecule is CCCc1nc(CN(CC)C(=O)C(c2ccc(F)cc2)N(C)C)no1. The number of benzene rings is 1. The third kappa shape index (κ3) is 4.85. The number of carbonyl (C=O) groups is 1. The van der Waals surface area contributed by atoms with Crippen LogP contribution in [0.15, 0.2) is 28.8 Å². The standard InChI is InChI=1S/C18H25FN4O2/c1-5-7-16-20-15(21-25-16)12-23(6-2)18(24)17(22(3)4)13-8-10-14(19)11-9-13/h8-11,17H,5-7,12H2,1-4H3. The zero-order valence-electron chi connectivity index (χ0n) is 15.2. The van der Waals surface area contributed by atoms with Crippen LogP contribution in [0.3, 0.4) is 0 Å². The molecule has 7 heteroatoms. The number of amides is 1. The molecular weight excluding hydrogens is 323 g/mol. The number of halogens is 1. The Hall–Kier alpha value is -2.28. The van der Waals surface area contributed by atoms with Gasteiger partial charge in [-0.3, -0.25) is 9.69 Å². The maximum Gasteiger partial charge on any atom is 0.244 e. The van der Waals surface area contributed by atoms with Gasteiger partial charge in [-0.05, 0) is 45.1 Å². The molecule has 1 aromatic carbocycles. The normalized spacial score (nSPS) is 12.4. The lowest BCUT2D eigenvalue weighted by Gasteiger charge is -2.29. The minimum absolute atomic E-state index is 0.0825. The molecule has 0 N–H and O–H groups in total. The van der Waals surface area contributed by atoms with Crippen LogP contribution in [0.4, 0.5) is 4.39 Å².